The van der Waals surface area contributed by atoms with E-state index in [0.717, 1.165) is 16.1 Å². The van der Waals surface area contributed by atoms with E-state index < -0.39 is 0 Å². The molecule has 2 rings (SSSR count). The Bertz CT molecular complexity index is 576. The lowest BCUT2D eigenvalue weighted by Crippen LogP contribution is -2.28. The van der Waals surface area contributed by atoms with E-state index in [1.54, 1.807) is 11.3 Å². The molecule has 0 radical (unpaired) electrons. The molecule has 0 aliphatic carbocycles. The average molecular weight is 274 g/mol. The minimum absolute atomic E-state index is 0.167. The van der Waals surface area contributed by atoms with E-state index >= 15 is 0 Å². The fourth-order valence-electron chi connectivity index (χ4n) is 1.84. The summed E-state index contributed by atoms with van der Waals surface area (Å²) in [5, 5.41) is 7.75. The summed E-state index contributed by atoms with van der Waals surface area (Å²) in [5.41, 5.74) is 4.36. The Balaban J connectivity index is 1.97. The third-order valence-corrected chi connectivity index (χ3v) is 3.97. The second-order valence-electron chi connectivity index (χ2n) is 4.64. The second kappa shape index (κ2) is 5.89. The van der Waals surface area contributed by atoms with Crippen LogP contribution in [0.4, 0.5) is 10.5 Å². The van der Waals surface area contributed by atoms with Gasteiger partial charge in [-0.15, -0.1) is 11.3 Å². The van der Waals surface area contributed by atoms with E-state index in [4.69, 9.17) is 0 Å². The molecule has 1 heterocycles. The molecule has 3 nitrogen and oxygen atoms in total. The highest BCUT2D eigenvalue weighted by molar-refractivity contribution is 7.09. The monoisotopic (exact) mass is 274 g/mol. The number of hydrogen-bond acceptors (Lipinski definition) is 2. The number of carbonyl (C=O) groups excluding carboxylic acids is 1. The molecule has 100 valence electrons. The normalized spacial score (nSPS) is 10.3. The van der Waals surface area contributed by atoms with Crippen molar-refractivity contribution in [1.82, 2.24) is 5.32 Å². The molecule has 0 fully saturated rings. The largest absolute Gasteiger partial charge is 0.333 e. The maximum absolute atomic E-state index is 11.8. The Labute approximate surface area is 117 Å². The first-order valence-electron chi connectivity index (χ1n) is 6.21. The van der Waals surface area contributed by atoms with Gasteiger partial charge in [0, 0.05) is 10.6 Å². The van der Waals surface area contributed by atoms with Gasteiger partial charge in [0.2, 0.25) is 0 Å². The van der Waals surface area contributed by atoms with Crippen molar-refractivity contribution >= 4 is 23.1 Å². The van der Waals surface area contributed by atoms with Gasteiger partial charge in [-0.25, -0.2) is 4.79 Å². The molecule has 0 aliphatic heterocycles. The Morgan fingerprint density at radius 3 is 2.58 bits per heavy atom. The smallest absolute Gasteiger partial charge is 0.319 e. The molecule has 0 aliphatic rings. The maximum Gasteiger partial charge on any atom is 0.319 e. The minimum atomic E-state index is -0.167. The average Bonchev–Trinajstić information content (AvgIpc) is 2.86. The van der Waals surface area contributed by atoms with Crippen LogP contribution < -0.4 is 10.6 Å². The number of amides is 2. The number of rotatable bonds is 3. The molecule has 2 amide bonds. The lowest BCUT2D eigenvalue weighted by Gasteiger charge is -2.12. The number of aryl methyl sites for hydroxylation is 3. The van der Waals surface area contributed by atoms with E-state index in [1.165, 1.54) is 11.1 Å². The molecule has 19 heavy (non-hydrogen) atoms. The predicted molar refractivity (Wildman–Crippen MR) is 80.8 cm³/mol. The molecule has 0 spiro atoms. The summed E-state index contributed by atoms with van der Waals surface area (Å²) in [5.74, 6) is 0. The molecule has 4 heteroatoms. The highest BCUT2D eigenvalue weighted by Crippen LogP contribution is 2.19. The summed E-state index contributed by atoms with van der Waals surface area (Å²) in [7, 11) is 0. The fraction of sp³-hybridized carbons (Fsp3) is 0.267. The molecule has 2 aromatic rings. The maximum atomic E-state index is 11.8. The summed E-state index contributed by atoms with van der Waals surface area (Å²) in [6, 6.07) is 7.92. The Hall–Kier alpha value is -1.81. The molecule has 2 N–H and O–H groups in total. The fourth-order valence-corrected chi connectivity index (χ4v) is 2.49. The molecular formula is C15H18N2OS. The summed E-state index contributed by atoms with van der Waals surface area (Å²) < 4.78 is 0. The van der Waals surface area contributed by atoms with Gasteiger partial charge in [0.1, 0.15) is 0 Å². The summed E-state index contributed by atoms with van der Waals surface area (Å²) in [6.07, 6.45) is 0. The van der Waals surface area contributed by atoms with E-state index in [-0.39, 0.29) is 6.03 Å². The van der Waals surface area contributed by atoms with Crippen molar-refractivity contribution in [3.63, 3.8) is 0 Å². The number of benzene rings is 1. The third-order valence-electron chi connectivity index (χ3n) is 3.09. The quantitative estimate of drug-likeness (QED) is 0.873. The van der Waals surface area contributed by atoms with Gasteiger partial charge in [-0.2, -0.15) is 0 Å². The topological polar surface area (TPSA) is 41.1 Å². The minimum Gasteiger partial charge on any atom is -0.333 e. The van der Waals surface area contributed by atoms with Gasteiger partial charge in [-0.1, -0.05) is 12.1 Å². The summed E-state index contributed by atoms with van der Waals surface area (Å²) >= 11 is 1.64. The van der Waals surface area contributed by atoms with Crippen LogP contribution in [0.3, 0.4) is 0 Å². The molecule has 0 atom stereocenters. The zero-order valence-corrected chi connectivity index (χ0v) is 12.2. The number of thiophene rings is 1. The highest BCUT2D eigenvalue weighted by atomic mass is 32.1. The third kappa shape index (κ3) is 3.58. The zero-order valence-electron chi connectivity index (χ0n) is 11.4. The van der Waals surface area contributed by atoms with Crippen molar-refractivity contribution in [2.45, 2.75) is 27.3 Å². The van der Waals surface area contributed by atoms with Gasteiger partial charge in [-0.3, -0.25) is 0 Å². The molecule has 0 bridgehead atoms. The van der Waals surface area contributed by atoms with Crippen LogP contribution in [0, 0.1) is 20.8 Å². The standard InChI is InChI=1S/C15H18N2OS/c1-10-7-12(3)14(8-11(10)2)17-15(18)16-9-13-5-4-6-19-13/h4-8H,9H2,1-3H3,(H2,16,17,18). The number of anilines is 1. The van der Waals surface area contributed by atoms with Crippen LogP contribution in [0.2, 0.25) is 0 Å². The first-order chi connectivity index (χ1) is 9.06. The van der Waals surface area contributed by atoms with Gasteiger partial charge in [0.15, 0.2) is 0 Å². The number of hydrogen-bond donors (Lipinski definition) is 2. The van der Waals surface area contributed by atoms with Gasteiger partial charge >= 0.3 is 6.03 Å². The van der Waals surface area contributed by atoms with Crippen molar-refractivity contribution in [2.75, 3.05) is 5.32 Å². The number of nitrogens with one attached hydrogen (secondary N) is 2. The Morgan fingerprint density at radius 2 is 1.89 bits per heavy atom. The van der Waals surface area contributed by atoms with Crippen LogP contribution in [0.15, 0.2) is 29.6 Å². The van der Waals surface area contributed by atoms with Gasteiger partial charge in [0.05, 0.1) is 6.54 Å². The van der Waals surface area contributed by atoms with Gasteiger partial charge in [-0.05, 0) is 55.0 Å². The molecule has 1 aromatic carbocycles. The van der Waals surface area contributed by atoms with Gasteiger partial charge < -0.3 is 10.6 Å². The van der Waals surface area contributed by atoms with Crippen LogP contribution in [0.5, 0.6) is 0 Å². The second-order valence-corrected chi connectivity index (χ2v) is 5.67. The SMILES string of the molecule is Cc1cc(C)c(NC(=O)NCc2cccs2)cc1C. The van der Waals surface area contributed by atoms with Gasteiger partial charge in [0.25, 0.3) is 0 Å². The predicted octanol–water partition coefficient (Wildman–Crippen LogP) is 4.00. The lowest BCUT2D eigenvalue weighted by atomic mass is 10.1. The molecule has 0 saturated carbocycles. The van der Waals surface area contributed by atoms with Crippen LogP contribution in [-0.4, -0.2) is 6.03 Å². The first kappa shape index (κ1) is 13.6. The molecular weight excluding hydrogens is 256 g/mol. The Morgan fingerprint density at radius 1 is 1.16 bits per heavy atom. The molecule has 0 unspecified atom stereocenters. The van der Waals surface area contributed by atoms with Crippen molar-refractivity contribution in [1.29, 1.82) is 0 Å². The summed E-state index contributed by atoms with van der Waals surface area (Å²) in [4.78, 5) is 13.0. The lowest BCUT2D eigenvalue weighted by molar-refractivity contribution is 0.252. The van der Waals surface area contributed by atoms with Crippen molar-refractivity contribution in [3.8, 4) is 0 Å². The summed E-state index contributed by atoms with van der Waals surface area (Å²) in [6.45, 7) is 6.68. The van der Waals surface area contributed by atoms with E-state index in [0.29, 0.717) is 6.54 Å². The van der Waals surface area contributed by atoms with Crippen LogP contribution in [-0.2, 0) is 6.54 Å². The van der Waals surface area contributed by atoms with E-state index in [1.807, 2.05) is 37.4 Å². The van der Waals surface area contributed by atoms with Crippen molar-refractivity contribution in [2.24, 2.45) is 0 Å². The van der Waals surface area contributed by atoms with Crippen LogP contribution in [0.1, 0.15) is 21.6 Å². The highest BCUT2D eigenvalue weighted by Gasteiger charge is 2.06. The van der Waals surface area contributed by atoms with Crippen molar-refractivity contribution in [3.05, 3.63) is 51.2 Å². The van der Waals surface area contributed by atoms with Crippen LogP contribution >= 0.6 is 11.3 Å². The van der Waals surface area contributed by atoms with E-state index in [9.17, 15) is 4.79 Å². The van der Waals surface area contributed by atoms with Crippen molar-refractivity contribution < 1.29 is 4.79 Å². The number of carbonyl (C=O) groups is 1. The van der Waals surface area contributed by atoms with E-state index in [2.05, 4.69) is 23.6 Å². The first-order valence-corrected chi connectivity index (χ1v) is 7.09. The number of urea groups is 1. The molecule has 0 saturated heterocycles. The zero-order chi connectivity index (χ0) is 13.8. The Kier molecular flexibility index (Phi) is 4.22. The molecule has 1 aromatic heterocycles. The van der Waals surface area contributed by atoms with Crippen LogP contribution in [0.25, 0.3) is 0 Å².